The average molecular weight is 331 g/mol. The Balaban J connectivity index is 2.03. The molecule has 2 aromatic rings. The van der Waals surface area contributed by atoms with E-state index < -0.39 is 0 Å². The third kappa shape index (κ3) is 5.13. The quantitative estimate of drug-likeness (QED) is 0.783. The van der Waals surface area contributed by atoms with E-state index in [0.717, 1.165) is 23.7 Å². The van der Waals surface area contributed by atoms with E-state index in [2.05, 4.69) is 49.3 Å². The van der Waals surface area contributed by atoms with Gasteiger partial charge >= 0.3 is 0 Å². The highest BCUT2D eigenvalue weighted by Gasteiger charge is 2.11. The maximum absolute atomic E-state index is 12.0. The van der Waals surface area contributed by atoms with Gasteiger partial charge in [0.25, 0.3) is 0 Å². The molecule has 4 nitrogen and oxygen atoms in total. The van der Waals surface area contributed by atoms with Gasteiger partial charge in [-0.3, -0.25) is 9.36 Å². The number of hydrogen-bond acceptors (Lipinski definition) is 3. The van der Waals surface area contributed by atoms with E-state index >= 15 is 0 Å². The molecule has 0 spiro atoms. The average Bonchev–Trinajstić information content (AvgIpc) is 2.92. The first-order chi connectivity index (χ1) is 11.0. The van der Waals surface area contributed by atoms with Crippen molar-refractivity contribution in [3.05, 3.63) is 41.7 Å². The summed E-state index contributed by atoms with van der Waals surface area (Å²) >= 11 is 1.47. The largest absolute Gasteiger partial charge is 0.353 e. The number of hydrogen-bond donors (Lipinski definition) is 1. The minimum Gasteiger partial charge on any atom is -0.353 e. The predicted molar refractivity (Wildman–Crippen MR) is 96.3 cm³/mol. The first-order valence-electron chi connectivity index (χ1n) is 8.03. The molecule has 1 heterocycles. The molecule has 0 saturated heterocycles. The van der Waals surface area contributed by atoms with Gasteiger partial charge in [-0.15, -0.1) is 0 Å². The van der Waals surface area contributed by atoms with Gasteiger partial charge in [-0.25, -0.2) is 4.98 Å². The van der Waals surface area contributed by atoms with Crippen LogP contribution in [0.15, 0.2) is 35.7 Å². The second kappa shape index (κ2) is 8.20. The van der Waals surface area contributed by atoms with Crippen LogP contribution in [0, 0.1) is 13.8 Å². The minimum atomic E-state index is 0.0610. The van der Waals surface area contributed by atoms with Crippen molar-refractivity contribution in [1.82, 2.24) is 14.9 Å². The molecule has 2 rings (SSSR count). The lowest BCUT2D eigenvalue weighted by atomic mass is 10.1. The third-order valence-electron chi connectivity index (χ3n) is 3.55. The van der Waals surface area contributed by atoms with Gasteiger partial charge in [-0.1, -0.05) is 31.2 Å². The molecule has 1 aromatic heterocycles. The summed E-state index contributed by atoms with van der Waals surface area (Å²) in [6.45, 7) is 8.34. The summed E-state index contributed by atoms with van der Waals surface area (Å²) in [5.74, 6) is 0.446. The number of nitrogens with zero attached hydrogens (tertiary/aromatic N) is 2. The van der Waals surface area contributed by atoms with Crippen LogP contribution in [-0.4, -0.2) is 27.3 Å². The van der Waals surface area contributed by atoms with E-state index in [9.17, 15) is 4.79 Å². The summed E-state index contributed by atoms with van der Waals surface area (Å²) in [6, 6.07) is 6.63. The van der Waals surface area contributed by atoms with Crippen molar-refractivity contribution in [2.24, 2.45) is 0 Å². The number of aromatic nitrogens is 2. The predicted octanol–water partition coefficient (Wildman–Crippen LogP) is 3.89. The van der Waals surface area contributed by atoms with Gasteiger partial charge < -0.3 is 5.32 Å². The highest BCUT2D eigenvalue weighted by Crippen LogP contribution is 2.22. The lowest BCUT2D eigenvalue weighted by Gasteiger charge is -2.13. The van der Waals surface area contributed by atoms with Crippen molar-refractivity contribution >= 4 is 17.7 Å². The SMILES string of the molecule is CCCC(C)NC(=O)CSc1nccn1-c1cc(C)cc(C)c1. The van der Waals surface area contributed by atoms with E-state index in [1.807, 2.05) is 17.7 Å². The lowest BCUT2D eigenvalue weighted by molar-refractivity contribution is -0.119. The molecule has 0 aliphatic rings. The minimum absolute atomic E-state index is 0.0610. The van der Waals surface area contributed by atoms with E-state index in [-0.39, 0.29) is 11.9 Å². The molecule has 0 fully saturated rings. The fourth-order valence-corrected chi connectivity index (χ4v) is 3.42. The molecule has 0 bridgehead atoms. The monoisotopic (exact) mass is 331 g/mol. The number of carbonyl (C=O) groups is 1. The van der Waals surface area contributed by atoms with Crippen LogP contribution in [0.4, 0.5) is 0 Å². The smallest absolute Gasteiger partial charge is 0.230 e. The number of amides is 1. The normalized spacial score (nSPS) is 12.2. The van der Waals surface area contributed by atoms with Crippen molar-refractivity contribution in [3.8, 4) is 5.69 Å². The number of imidazole rings is 1. The molecule has 0 radical (unpaired) electrons. The second-order valence-electron chi connectivity index (χ2n) is 5.97. The summed E-state index contributed by atoms with van der Waals surface area (Å²) in [7, 11) is 0. The second-order valence-corrected chi connectivity index (χ2v) is 6.91. The van der Waals surface area contributed by atoms with Gasteiger partial charge in [0.15, 0.2) is 5.16 Å². The zero-order valence-corrected chi connectivity index (χ0v) is 15.1. The molecule has 1 atom stereocenters. The van der Waals surface area contributed by atoms with Crippen LogP contribution in [0.2, 0.25) is 0 Å². The molecule has 0 aliphatic carbocycles. The van der Waals surface area contributed by atoms with Crippen LogP contribution < -0.4 is 5.32 Å². The number of benzene rings is 1. The third-order valence-corrected chi connectivity index (χ3v) is 4.52. The zero-order valence-electron chi connectivity index (χ0n) is 14.3. The Hall–Kier alpha value is -1.75. The summed E-state index contributed by atoms with van der Waals surface area (Å²) in [5.41, 5.74) is 3.52. The molecule has 0 aliphatic heterocycles. The maximum Gasteiger partial charge on any atom is 0.230 e. The van der Waals surface area contributed by atoms with Gasteiger partial charge in [0.1, 0.15) is 0 Å². The maximum atomic E-state index is 12.0. The van der Waals surface area contributed by atoms with Crippen molar-refractivity contribution in [1.29, 1.82) is 0 Å². The Kier molecular flexibility index (Phi) is 6.28. The van der Waals surface area contributed by atoms with Crippen LogP contribution in [-0.2, 0) is 4.79 Å². The molecule has 23 heavy (non-hydrogen) atoms. The number of rotatable bonds is 7. The molecular weight excluding hydrogens is 306 g/mol. The summed E-state index contributed by atoms with van der Waals surface area (Å²) in [6.07, 6.45) is 5.80. The molecule has 5 heteroatoms. The van der Waals surface area contributed by atoms with Gasteiger partial charge in [0, 0.05) is 24.1 Å². The summed E-state index contributed by atoms with van der Waals surface area (Å²) in [5, 5.41) is 3.86. The van der Waals surface area contributed by atoms with E-state index in [1.54, 1.807) is 6.20 Å². The van der Waals surface area contributed by atoms with E-state index in [0.29, 0.717) is 5.75 Å². The van der Waals surface area contributed by atoms with Crippen molar-refractivity contribution in [2.45, 2.75) is 51.7 Å². The van der Waals surface area contributed by atoms with Gasteiger partial charge in [-0.05, 0) is 50.5 Å². The van der Waals surface area contributed by atoms with E-state index in [4.69, 9.17) is 0 Å². The zero-order chi connectivity index (χ0) is 16.8. The number of nitrogens with one attached hydrogen (secondary N) is 1. The van der Waals surface area contributed by atoms with Crippen molar-refractivity contribution < 1.29 is 4.79 Å². The number of thioether (sulfide) groups is 1. The van der Waals surface area contributed by atoms with Gasteiger partial charge in [-0.2, -0.15) is 0 Å². The Labute approximate surface area is 142 Å². The fourth-order valence-electron chi connectivity index (χ4n) is 2.63. The molecular formula is C18H25N3OS. The lowest BCUT2D eigenvalue weighted by Crippen LogP contribution is -2.33. The number of carbonyl (C=O) groups excluding carboxylic acids is 1. The van der Waals surface area contributed by atoms with Gasteiger partial charge in [0.05, 0.1) is 5.75 Å². The fraction of sp³-hybridized carbons (Fsp3) is 0.444. The molecule has 124 valence electrons. The van der Waals surface area contributed by atoms with Crippen LogP contribution >= 0.6 is 11.8 Å². The Morgan fingerprint density at radius 2 is 2.00 bits per heavy atom. The Bertz CT molecular complexity index is 646. The number of aryl methyl sites for hydroxylation is 2. The molecule has 1 unspecified atom stereocenters. The molecule has 1 N–H and O–H groups in total. The van der Waals surface area contributed by atoms with Crippen molar-refractivity contribution in [2.75, 3.05) is 5.75 Å². The molecule has 1 amide bonds. The highest BCUT2D eigenvalue weighted by molar-refractivity contribution is 7.99. The molecule has 1 aromatic carbocycles. The van der Waals surface area contributed by atoms with Crippen LogP contribution in [0.1, 0.15) is 37.8 Å². The highest BCUT2D eigenvalue weighted by atomic mass is 32.2. The van der Waals surface area contributed by atoms with Crippen LogP contribution in [0.5, 0.6) is 0 Å². The van der Waals surface area contributed by atoms with E-state index in [1.165, 1.54) is 22.9 Å². The first kappa shape index (κ1) is 17.6. The Morgan fingerprint density at radius 1 is 1.30 bits per heavy atom. The standard InChI is InChI=1S/C18H25N3OS/c1-5-6-15(4)20-17(22)12-23-18-19-7-8-21(18)16-10-13(2)9-14(3)11-16/h7-11,15H,5-6,12H2,1-4H3,(H,20,22). The summed E-state index contributed by atoms with van der Waals surface area (Å²) in [4.78, 5) is 16.4. The first-order valence-corrected chi connectivity index (χ1v) is 9.02. The topological polar surface area (TPSA) is 46.9 Å². The summed E-state index contributed by atoms with van der Waals surface area (Å²) < 4.78 is 2.04. The Morgan fingerprint density at radius 3 is 2.65 bits per heavy atom. The van der Waals surface area contributed by atoms with Crippen molar-refractivity contribution in [3.63, 3.8) is 0 Å². The van der Waals surface area contributed by atoms with Gasteiger partial charge in [0.2, 0.25) is 5.91 Å². The molecule has 0 saturated carbocycles. The van der Waals surface area contributed by atoms with Crippen LogP contribution in [0.25, 0.3) is 5.69 Å². The van der Waals surface area contributed by atoms with Crippen LogP contribution in [0.3, 0.4) is 0 Å².